The number of hydrogen-bond donors (Lipinski definition) is 1. The highest BCUT2D eigenvalue weighted by atomic mass is 32.2. The van der Waals surface area contributed by atoms with Gasteiger partial charge in [0.1, 0.15) is 0 Å². The largest absolute Gasteiger partial charge is 0.375 e. The first-order chi connectivity index (χ1) is 6.33. The van der Waals surface area contributed by atoms with Crippen molar-refractivity contribution in [3.8, 4) is 0 Å². The first kappa shape index (κ1) is 9.06. The molecular weight excluding hydrogens is 182 g/mol. The fourth-order valence-electron chi connectivity index (χ4n) is 1.65. The van der Waals surface area contributed by atoms with Crippen molar-refractivity contribution in [3.05, 3.63) is 29.3 Å². The highest BCUT2D eigenvalue weighted by Gasteiger charge is 2.18. The molecule has 0 amide bonds. The van der Waals surface area contributed by atoms with E-state index in [0.29, 0.717) is 13.2 Å². The third-order valence-electron chi connectivity index (χ3n) is 2.33. The van der Waals surface area contributed by atoms with Crippen LogP contribution in [0.1, 0.15) is 17.2 Å². The summed E-state index contributed by atoms with van der Waals surface area (Å²) in [7, 11) is 0. The fraction of sp³-hybridized carbons (Fsp3) is 0.400. The lowest BCUT2D eigenvalue weighted by Crippen LogP contribution is -2.23. The molecule has 1 aliphatic rings. The molecule has 1 aliphatic heterocycles. The summed E-state index contributed by atoms with van der Waals surface area (Å²) >= 11 is 1.75. The molecule has 0 aromatic heterocycles. The van der Waals surface area contributed by atoms with Gasteiger partial charge in [-0.05, 0) is 23.4 Å². The molecule has 0 saturated heterocycles. The van der Waals surface area contributed by atoms with E-state index in [1.807, 2.05) is 0 Å². The van der Waals surface area contributed by atoms with Crippen molar-refractivity contribution in [2.45, 2.75) is 17.5 Å². The average Bonchev–Trinajstić information content (AvgIpc) is 2.18. The van der Waals surface area contributed by atoms with Gasteiger partial charge in [0.2, 0.25) is 0 Å². The number of thioether (sulfide) groups is 1. The van der Waals surface area contributed by atoms with E-state index in [0.717, 1.165) is 0 Å². The number of nitrogens with two attached hydrogens (primary N) is 1. The van der Waals surface area contributed by atoms with Crippen LogP contribution in [0.4, 0.5) is 0 Å². The minimum absolute atomic E-state index is 0.0517. The molecule has 0 saturated carbocycles. The first-order valence-electron chi connectivity index (χ1n) is 4.32. The molecule has 0 aliphatic carbocycles. The number of fused-ring (bicyclic) bond motifs is 1. The summed E-state index contributed by atoms with van der Waals surface area (Å²) < 4.78 is 5.41. The van der Waals surface area contributed by atoms with Gasteiger partial charge in [0.25, 0.3) is 0 Å². The molecule has 2 N–H and O–H groups in total. The maximum Gasteiger partial charge on any atom is 0.0731 e. The lowest BCUT2D eigenvalue weighted by Gasteiger charge is -2.24. The highest BCUT2D eigenvalue weighted by Crippen LogP contribution is 2.30. The Labute approximate surface area is 82.5 Å². The topological polar surface area (TPSA) is 35.2 Å². The van der Waals surface area contributed by atoms with E-state index in [4.69, 9.17) is 10.5 Å². The first-order valence-corrected chi connectivity index (χ1v) is 5.54. The second-order valence-corrected chi connectivity index (χ2v) is 4.00. The molecule has 2 nitrogen and oxygen atoms in total. The highest BCUT2D eigenvalue weighted by molar-refractivity contribution is 7.98. The van der Waals surface area contributed by atoms with Gasteiger partial charge in [0.05, 0.1) is 19.3 Å². The van der Waals surface area contributed by atoms with Crippen molar-refractivity contribution in [3.63, 3.8) is 0 Å². The summed E-state index contributed by atoms with van der Waals surface area (Å²) in [6.45, 7) is 1.35. The Balaban J connectivity index is 2.48. The molecule has 2 rings (SSSR count). The lowest BCUT2D eigenvalue weighted by atomic mass is 10.00. The Morgan fingerprint density at radius 3 is 3.15 bits per heavy atom. The average molecular weight is 195 g/mol. The monoisotopic (exact) mass is 195 g/mol. The van der Waals surface area contributed by atoms with Crippen molar-refractivity contribution in [1.29, 1.82) is 0 Å². The zero-order chi connectivity index (χ0) is 9.26. The summed E-state index contributed by atoms with van der Waals surface area (Å²) in [5.74, 6) is 0. The van der Waals surface area contributed by atoms with E-state index in [9.17, 15) is 0 Å². The molecule has 1 heterocycles. The van der Waals surface area contributed by atoms with Crippen LogP contribution < -0.4 is 5.73 Å². The second-order valence-electron chi connectivity index (χ2n) is 3.15. The van der Waals surface area contributed by atoms with Crippen LogP contribution in [0.15, 0.2) is 23.1 Å². The number of hydrogen-bond acceptors (Lipinski definition) is 3. The van der Waals surface area contributed by atoms with Crippen molar-refractivity contribution in [2.24, 2.45) is 5.73 Å². The van der Waals surface area contributed by atoms with Crippen LogP contribution in [0.5, 0.6) is 0 Å². The molecule has 1 aromatic rings. The van der Waals surface area contributed by atoms with Crippen molar-refractivity contribution >= 4 is 11.8 Å². The normalized spacial score (nSPS) is 21.2. The minimum atomic E-state index is 0.0517. The molecule has 70 valence electrons. The van der Waals surface area contributed by atoms with Crippen LogP contribution in [0.3, 0.4) is 0 Å². The summed E-state index contributed by atoms with van der Waals surface area (Å²) in [6, 6.07) is 6.33. The molecule has 1 aromatic carbocycles. The van der Waals surface area contributed by atoms with Gasteiger partial charge in [-0.3, -0.25) is 0 Å². The van der Waals surface area contributed by atoms with Gasteiger partial charge in [-0.15, -0.1) is 11.8 Å². The Kier molecular flexibility index (Phi) is 2.58. The zero-order valence-corrected chi connectivity index (χ0v) is 8.43. The van der Waals surface area contributed by atoms with Crippen LogP contribution in [-0.2, 0) is 11.3 Å². The minimum Gasteiger partial charge on any atom is -0.375 e. The van der Waals surface area contributed by atoms with Crippen molar-refractivity contribution in [2.75, 3.05) is 12.9 Å². The predicted octanol–water partition coefficient (Wildman–Crippen LogP) is 1.94. The molecule has 0 bridgehead atoms. The van der Waals surface area contributed by atoms with Gasteiger partial charge >= 0.3 is 0 Å². The molecule has 1 atom stereocenters. The van der Waals surface area contributed by atoms with Gasteiger partial charge < -0.3 is 10.5 Å². The van der Waals surface area contributed by atoms with Crippen LogP contribution in [0.2, 0.25) is 0 Å². The van der Waals surface area contributed by atoms with Gasteiger partial charge in [-0.25, -0.2) is 0 Å². The van der Waals surface area contributed by atoms with E-state index in [-0.39, 0.29) is 6.04 Å². The molecular formula is C10H13NOS. The third-order valence-corrected chi connectivity index (χ3v) is 3.15. The van der Waals surface area contributed by atoms with Crippen LogP contribution >= 0.6 is 11.8 Å². The maximum atomic E-state index is 5.94. The molecule has 0 radical (unpaired) electrons. The molecule has 13 heavy (non-hydrogen) atoms. The Morgan fingerprint density at radius 1 is 1.54 bits per heavy atom. The predicted molar refractivity (Wildman–Crippen MR) is 54.8 cm³/mol. The van der Waals surface area contributed by atoms with Crippen LogP contribution in [0.25, 0.3) is 0 Å². The smallest absolute Gasteiger partial charge is 0.0731 e. The van der Waals surface area contributed by atoms with Crippen molar-refractivity contribution in [1.82, 2.24) is 0 Å². The van der Waals surface area contributed by atoms with E-state index < -0.39 is 0 Å². The molecule has 3 heteroatoms. The molecule has 0 fully saturated rings. The van der Waals surface area contributed by atoms with Gasteiger partial charge in [-0.1, -0.05) is 12.1 Å². The number of rotatable bonds is 1. The van der Waals surface area contributed by atoms with E-state index in [1.54, 1.807) is 11.8 Å². The van der Waals surface area contributed by atoms with E-state index in [1.165, 1.54) is 16.0 Å². The SMILES string of the molecule is CSc1cccc2c1COC[C@@H]2N. The fourth-order valence-corrected chi connectivity index (χ4v) is 2.29. The lowest BCUT2D eigenvalue weighted by molar-refractivity contribution is 0.0905. The third kappa shape index (κ3) is 1.59. The van der Waals surface area contributed by atoms with E-state index >= 15 is 0 Å². The Bertz CT molecular complexity index is 314. The second kappa shape index (κ2) is 3.70. The summed E-state index contributed by atoms with van der Waals surface area (Å²) in [6.07, 6.45) is 2.08. The van der Waals surface area contributed by atoms with Crippen LogP contribution in [0, 0.1) is 0 Å². The summed E-state index contributed by atoms with van der Waals surface area (Å²) in [4.78, 5) is 1.28. The van der Waals surface area contributed by atoms with Gasteiger partial charge in [0.15, 0.2) is 0 Å². The number of benzene rings is 1. The quantitative estimate of drug-likeness (QED) is 0.695. The maximum absolute atomic E-state index is 5.94. The summed E-state index contributed by atoms with van der Waals surface area (Å²) in [5.41, 5.74) is 8.46. The standard InChI is InChI=1S/C10H13NOS/c1-13-10-4-2-3-7-8(10)5-12-6-9(7)11/h2-4,9H,5-6,11H2,1H3/t9-/m0/s1. The Hall–Kier alpha value is -0.510. The van der Waals surface area contributed by atoms with Gasteiger partial charge in [0, 0.05) is 4.90 Å². The van der Waals surface area contributed by atoms with Gasteiger partial charge in [-0.2, -0.15) is 0 Å². The van der Waals surface area contributed by atoms with E-state index in [2.05, 4.69) is 24.5 Å². The van der Waals surface area contributed by atoms with Crippen molar-refractivity contribution < 1.29 is 4.74 Å². The Morgan fingerprint density at radius 2 is 2.38 bits per heavy atom. The molecule has 0 unspecified atom stereocenters. The summed E-state index contributed by atoms with van der Waals surface area (Å²) in [5, 5.41) is 0. The van der Waals surface area contributed by atoms with Crippen LogP contribution in [-0.4, -0.2) is 12.9 Å². The number of ether oxygens (including phenoxy) is 1. The zero-order valence-electron chi connectivity index (χ0n) is 7.62. The molecule has 0 spiro atoms.